The SMILES string of the molecule is COC(=O)C[C@H](Cc1ccc(O)cc1)N(N)/C=C(\[NH3+])CN(C)S(C)(O)c1ccc(-c2ccccc2)s1. The smallest absolute Gasteiger partial charge is 0.307 e. The molecule has 1 heterocycles. The molecule has 36 heavy (non-hydrogen) atoms. The van der Waals surface area contributed by atoms with Crippen LogP contribution in [0.1, 0.15) is 12.0 Å². The van der Waals surface area contributed by atoms with Crippen molar-refractivity contribution in [2.45, 2.75) is 23.1 Å². The third-order valence-corrected chi connectivity index (χ3v) is 10.2. The topological polar surface area (TPSA) is 127 Å². The van der Waals surface area contributed by atoms with E-state index in [1.165, 1.54) is 12.1 Å². The number of hydrogen-bond acceptors (Lipinski definition) is 8. The van der Waals surface area contributed by atoms with Crippen molar-refractivity contribution in [3.8, 4) is 16.2 Å². The second-order valence-electron chi connectivity index (χ2n) is 8.64. The number of nitrogens with two attached hydrogens (primary N) is 1. The molecule has 3 rings (SSSR count). The number of likely N-dealkylation sites (N-methyl/N-ethyl adjacent to an activating group) is 1. The lowest BCUT2D eigenvalue weighted by atomic mass is 10.0. The Morgan fingerprint density at radius 1 is 1.17 bits per heavy atom. The first-order valence-electron chi connectivity index (χ1n) is 11.4. The summed E-state index contributed by atoms with van der Waals surface area (Å²) in [6.07, 6.45) is 4.11. The third kappa shape index (κ3) is 7.33. The summed E-state index contributed by atoms with van der Waals surface area (Å²) in [6, 6.07) is 20.5. The summed E-state index contributed by atoms with van der Waals surface area (Å²) in [4.78, 5) is 13.1. The molecule has 0 radical (unpaired) electrons. The van der Waals surface area contributed by atoms with Crippen molar-refractivity contribution in [1.29, 1.82) is 0 Å². The first-order valence-corrected chi connectivity index (χ1v) is 14.1. The van der Waals surface area contributed by atoms with Gasteiger partial charge in [-0.05, 0) is 59.4 Å². The highest BCUT2D eigenvalue weighted by Gasteiger charge is 2.27. The minimum atomic E-state index is -2.24. The molecule has 7 N–H and O–H groups in total. The Morgan fingerprint density at radius 3 is 2.47 bits per heavy atom. The minimum absolute atomic E-state index is 0.0912. The van der Waals surface area contributed by atoms with Crippen LogP contribution in [0.4, 0.5) is 0 Å². The molecule has 2 atom stereocenters. The lowest BCUT2D eigenvalue weighted by Gasteiger charge is -2.37. The number of quaternary nitrogens is 1. The van der Waals surface area contributed by atoms with Crippen LogP contribution in [0.15, 0.2) is 82.8 Å². The number of esters is 1. The highest BCUT2D eigenvalue weighted by atomic mass is 32.3. The molecule has 8 nitrogen and oxygen atoms in total. The van der Waals surface area contributed by atoms with Gasteiger partial charge in [-0.25, -0.2) is 10.1 Å². The van der Waals surface area contributed by atoms with Crippen molar-refractivity contribution in [2.24, 2.45) is 5.84 Å². The van der Waals surface area contributed by atoms with Crippen LogP contribution in [0.5, 0.6) is 5.75 Å². The third-order valence-electron chi connectivity index (χ3n) is 5.84. The molecule has 0 saturated heterocycles. The first kappa shape index (κ1) is 27.7. The normalized spacial score (nSPS) is 15.2. The number of rotatable bonds is 11. The number of carbonyl (C=O) groups is 1. The van der Waals surface area contributed by atoms with Crippen molar-refractivity contribution in [1.82, 2.24) is 9.31 Å². The van der Waals surface area contributed by atoms with Gasteiger partial charge in [0.05, 0.1) is 36.5 Å². The van der Waals surface area contributed by atoms with Gasteiger partial charge in [0.25, 0.3) is 0 Å². The molecule has 0 amide bonds. The molecule has 10 heteroatoms. The summed E-state index contributed by atoms with van der Waals surface area (Å²) in [5, 5.41) is 11.0. The predicted octanol–water partition coefficient (Wildman–Crippen LogP) is 3.67. The van der Waals surface area contributed by atoms with E-state index in [2.05, 4.69) is 17.9 Å². The number of ether oxygens (including phenoxy) is 1. The van der Waals surface area contributed by atoms with Crippen molar-refractivity contribution in [3.05, 3.63) is 84.2 Å². The van der Waals surface area contributed by atoms with Crippen LogP contribution in [0.25, 0.3) is 10.4 Å². The van der Waals surface area contributed by atoms with Gasteiger partial charge in [-0.1, -0.05) is 42.5 Å². The Morgan fingerprint density at radius 2 is 1.83 bits per heavy atom. The Labute approximate surface area is 218 Å². The average molecular weight is 532 g/mol. The van der Waals surface area contributed by atoms with Crippen molar-refractivity contribution in [2.75, 3.05) is 27.0 Å². The lowest BCUT2D eigenvalue weighted by molar-refractivity contribution is -0.307. The van der Waals surface area contributed by atoms with Crippen LogP contribution in [-0.2, 0) is 16.0 Å². The van der Waals surface area contributed by atoms with Gasteiger partial charge >= 0.3 is 5.97 Å². The van der Waals surface area contributed by atoms with Crippen molar-refractivity contribution < 1.29 is 24.9 Å². The molecule has 0 aliphatic heterocycles. The van der Waals surface area contributed by atoms with E-state index >= 15 is 0 Å². The van der Waals surface area contributed by atoms with Crippen LogP contribution < -0.4 is 11.6 Å². The largest absolute Gasteiger partial charge is 0.508 e. The molecule has 1 aromatic heterocycles. The fraction of sp³-hybridized carbons (Fsp3) is 0.269. The zero-order valence-corrected chi connectivity index (χ0v) is 22.5. The van der Waals surface area contributed by atoms with Crippen molar-refractivity contribution >= 4 is 27.8 Å². The summed E-state index contributed by atoms with van der Waals surface area (Å²) in [5.74, 6) is 6.15. The van der Waals surface area contributed by atoms with E-state index in [-0.39, 0.29) is 24.2 Å². The van der Waals surface area contributed by atoms with Gasteiger partial charge in [-0.2, -0.15) is 0 Å². The summed E-state index contributed by atoms with van der Waals surface area (Å²) < 4.78 is 19.0. The first-order chi connectivity index (χ1) is 17.1. The molecule has 0 fully saturated rings. The molecule has 194 valence electrons. The van der Waals surface area contributed by atoms with Crippen molar-refractivity contribution in [3.63, 3.8) is 0 Å². The van der Waals surface area contributed by atoms with Gasteiger partial charge in [-0.15, -0.1) is 11.3 Å². The Hall–Kier alpha value is -2.86. The van der Waals surface area contributed by atoms with E-state index in [9.17, 15) is 14.5 Å². The number of phenolic OH excluding ortho intramolecular Hbond substituents is 1. The molecule has 0 saturated carbocycles. The summed E-state index contributed by atoms with van der Waals surface area (Å²) in [6.45, 7) is 0.388. The second kappa shape index (κ2) is 12.4. The van der Waals surface area contributed by atoms with Crippen LogP contribution in [0.3, 0.4) is 0 Å². The van der Waals surface area contributed by atoms with E-state index in [4.69, 9.17) is 10.6 Å². The maximum atomic E-state index is 12.0. The number of benzene rings is 2. The standard InChI is InChI=1S/C26H34N4O4S2/c1-29(36(3,33)26-14-13-24(35-26)20-7-5-4-6-8-20)17-21(27)18-30(28)22(16-25(32)34-2)15-19-9-11-23(31)12-10-19/h4-14,18,22,31,33H,15-17,27-28H2,1-3H3/p+1/b21-18-/t22-/m0/s1. The fourth-order valence-corrected chi connectivity index (χ4v) is 6.75. The van der Waals surface area contributed by atoms with E-state index in [0.29, 0.717) is 18.7 Å². The highest BCUT2D eigenvalue weighted by molar-refractivity contribution is 8.27. The second-order valence-corrected chi connectivity index (χ2v) is 12.7. The molecule has 0 spiro atoms. The molecule has 1 unspecified atom stereocenters. The Bertz CT molecular complexity index is 1170. The van der Waals surface area contributed by atoms with Gasteiger partial charge < -0.3 is 25.1 Å². The molecular formula is C26H35N4O4S2+. The Balaban J connectivity index is 1.71. The summed E-state index contributed by atoms with van der Waals surface area (Å²) in [7, 11) is 0.966. The predicted molar refractivity (Wildman–Crippen MR) is 146 cm³/mol. The van der Waals surface area contributed by atoms with E-state index in [1.54, 1.807) is 41.8 Å². The monoisotopic (exact) mass is 531 g/mol. The number of thiophene rings is 1. The van der Waals surface area contributed by atoms with E-state index in [0.717, 1.165) is 20.2 Å². The zero-order chi connectivity index (χ0) is 26.3. The molecule has 0 bridgehead atoms. The molecule has 3 aromatic rings. The number of methoxy groups -OCH3 is 1. The van der Waals surface area contributed by atoms with Crippen LogP contribution in [0, 0.1) is 0 Å². The summed E-state index contributed by atoms with van der Waals surface area (Å²) in [5.41, 5.74) is 6.86. The van der Waals surface area contributed by atoms with Gasteiger partial charge in [-0.3, -0.25) is 4.79 Å². The van der Waals surface area contributed by atoms with Gasteiger partial charge in [0.2, 0.25) is 0 Å². The molecule has 2 aromatic carbocycles. The molecule has 0 aliphatic carbocycles. The quantitative estimate of drug-likeness (QED) is 0.169. The number of carbonyl (C=O) groups excluding carboxylic acids is 1. The number of hydrogen-bond donors (Lipinski definition) is 4. The number of hydrazine groups is 1. The summed E-state index contributed by atoms with van der Waals surface area (Å²) >= 11 is 1.58. The molecular weight excluding hydrogens is 496 g/mol. The maximum Gasteiger partial charge on any atom is 0.307 e. The maximum absolute atomic E-state index is 12.0. The number of nitrogens with zero attached hydrogens (tertiary/aromatic N) is 2. The molecule has 0 aliphatic rings. The van der Waals surface area contributed by atoms with Gasteiger partial charge in [0, 0.05) is 11.1 Å². The van der Waals surface area contributed by atoms with E-state index in [1.807, 2.05) is 47.9 Å². The van der Waals surface area contributed by atoms with Crippen LogP contribution in [0.2, 0.25) is 0 Å². The highest BCUT2D eigenvalue weighted by Crippen LogP contribution is 2.55. The number of aromatic hydroxyl groups is 1. The average Bonchev–Trinajstić information content (AvgIpc) is 3.36. The lowest BCUT2D eigenvalue weighted by Crippen LogP contribution is -2.54. The van der Waals surface area contributed by atoms with E-state index < -0.39 is 10.5 Å². The number of phenols is 1. The van der Waals surface area contributed by atoms with Crippen LogP contribution >= 0.6 is 21.8 Å². The Kier molecular flexibility index (Phi) is 9.55. The van der Waals surface area contributed by atoms with Gasteiger partial charge in [0.15, 0.2) is 0 Å². The van der Waals surface area contributed by atoms with Crippen LogP contribution in [-0.4, -0.2) is 57.9 Å². The van der Waals surface area contributed by atoms with Gasteiger partial charge in [0.1, 0.15) is 11.4 Å². The minimum Gasteiger partial charge on any atom is -0.508 e. The zero-order valence-electron chi connectivity index (χ0n) is 20.8. The fourth-order valence-electron chi connectivity index (χ4n) is 3.67.